The van der Waals surface area contributed by atoms with Crippen LogP contribution in [0.5, 0.6) is 0 Å². The molecule has 0 saturated heterocycles. The zero-order chi connectivity index (χ0) is 21.0. The number of ether oxygens (including phenoxy) is 1. The van der Waals surface area contributed by atoms with Gasteiger partial charge in [0.2, 0.25) is 0 Å². The molecule has 2 heteroatoms. The second-order valence-corrected chi connectivity index (χ2v) is 8.53. The van der Waals surface area contributed by atoms with Crippen LogP contribution in [0.2, 0.25) is 0 Å². The number of carbonyl (C=O) groups is 1. The number of esters is 1. The van der Waals surface area contributed by atoms with E-state index in [1.54, 1.807) is 0 Å². The Morgan fingerprint density at radius 2 is 1.07 bits per heavy atom. The summed E-state index contributed by atoms with van der Waals surface area (Å²) in [4.78, 5) is 12.2. The Morgan fingerprint density at radius 1 is 0.621 bits per heavy atom. The molecule has 1 aromatic rings. The number of carbonyl (C=O) groups excluding carboxylic acids is 1. The number of benzene rings is 1. The van der Waals surface area contributed by atoms with Crippen molar-refractivity contribution in [3.8, 4) is 0 Å². The van der Waals surface area contributed by atoms with E-state index in [-0.39, 0.29) is 5.97 Å². The van der Waals surface area contributed by atoms with Crippen molar-refractivity contribution in [1.82, 2.24) is 0 Å². The lowest BCUT2D eigenvalue weighted by molar-refractivity contribution is 0.0497. The van der Waals surface area contributed by atoms with E-state index >= 15 is 0 Å². The number of hydrogen-bond donors (Lipinski definition) is 0. The van der Waals surface area contributed by atoms with E-state index < -0.39 is 0 Å². The summed E-state index contributed by atoms with van der Waals surface area (Å²) in [7, 11) is 0. The topological polar surface area (TPSA) is 26.3 Å². The van der Waals surface area contributed by atoms with Gasteiger partial charge in [0.25, 0.3) is 0 Å². The van der Waals surface area contributed by atoms with Crippen LogP contribution in [0, 0.1) is 0 Å². The molecule has 0 unspecified atom stereocenters. The maximum absolute atomic E-state index is 12.2. The van der Waals surface area contributed by atoms with Crippen molar-refractivity contribution in [2.45, 2.75) is 123 Å². The van der Waals surface area contributed by atoms with Crippen molar-refractivity contribution < 1.29 is 9.53 Å². The Morgan fingerprint density at radius 3 is 1.59 bits per heavy atom. The first kappa shape index (κ1) is 25.7. The van der Waals surface area contributed by atoms with E-state index in [0.717, 1.165) is 12.8 Å². The first-order valence-electron chi connectivity index (χ1n) is 12.5. The van der Waals surface area contributed by atoms with Gasteiger partial charge in [-0.15, -0.1) is 0 Å². The van der Waals surface area contributed by atoms with Crippen molar-refractivity contribution in [2.24, 2.45) is 0 Å². The Kier molecular flexibility index (Phi) is 16.6. The lowest BCUT2D eigenvalue weighted by Gasteiger charge is -2.06. The summed E-state index contributed by atoms with van der Waals surface area (Å²) in [6.45, 7) is 5.07. The zero-order valence-electron chi connectivity index (χ0n) is 19.4. The maximum atomic E-state index is 12.2. The summed E-state index contributed by atoms with van der Waals surface area (Å²) in [5, 5.41) is 0. The normalized spacial score (nSPS) is 11.0. The monoisotopic (exact) mass is 402 g/mol. The van der Waals surface area contributed by atoms with Crippen LogP contribution in [-0.4, -0.2) is 12.6 Å². The average molecular weight is 403 g/mol. The second kappa shape index (κ2) is 18.7. The van der Waals surface area contributed by atoms with Gasteiger partial charge < -0.3 is 4.74 Å². The molecule has 0 saturated carbocycles. The number of rotatable bonds is 19. The molecule has 0 radical (unpaired) electrons. The molecule has 29 heavy (non-hydrogen) atoms. The van der Waals surface area contributed by atoms with Crippen LogP contribution in [0.1, 0.15) is 133 Å². The zero-order valence-corrected chi connectivity index (χ0v) is 19.4. The van der Waals surface area contributed by atoms with E-state index in [1.807, 2.05) is 12.1 Å². The Hall–Kier alpha value is -1.31. The smallest absolute Gasteiger partial charge is 0.338 e. The molecule has 0 atom stereocenters. The van der Waals surface area contributed by atoms with Gasteiger partial charge in [0, 0.05) is 0 Å². The first-order valence-corrected chi connectivity index (χ1v) is 12.5. The Labute approximate surface area is 180 Å². The van der Waals surface area contributed by atoms with Crippen molar-refractivity contribution in [3.63, 3.8) is 0 Å². The van der Waals surface area contributed by atoms with E-state index in [1.165, 1.54) is 102 Å². The standard InChI is InChI=1S/C27H46O2/c1-3-5-7-9-11-12-13-14-16-18-24-29-27(28)26-22-20-25(21-23-26)19-17-15-10-8-6-4-2/h20-23H,3-19,24H2,1-2H3. The molecule has 1 rings (SSSR count). The summed E-state index contributed by atoms with van der Waals surface area (Å²) in [5.74, 6) is -0.174. The highest BCUT2D eigenvalue weighted by atomic mass is 16.5. The minimum absolute atomic E-state index is 0.174. The fourth-order valence-corrected chi connectivity index (χ4v) is 3.75. The Bertz CT molecular complexity index is 492. The predicted octanol–water partition coefficient (Wildman–Crippen LogP) is 8.67. The van der Waals surface area contributed by atoms with Gasteiger partial charge in [-0.25, -0.2) is 4.79 Å². The first-order chi connectivity index (χ1) is 14.3. The summed E-state index contributed by atoms with van der Waals surface area (Å²) >= 11 is 0. The minimum Gasteiger partial charge on any atom is -0.462 e. The van der Waals surface area contributed by atoms with Crippen molar-refractivity contribution in [3.05, 3.63) is 35.4 Å². The summed E-state index contributed by atoms with van der Waals surface area (Å²) in [6.07, 6.45) is 22.0. The van der Waals surface area contributed by atoms with Gasteiger partial charge >= 0.3 is 5.97 Å². The number of unbranched alkanes of at least 4 members (excludes halogenated alkanes) is 14. The third-order valence-corrected chi connectivity index (χ3v) is 5.74. The number of hydrogen-bond acceptors (Lipinski definition) is 2. The van der Waals surface area contributed by atoms with Crippen LogP contribution in [0.15, 0.2) is 24.3 Å². The van der Waals surface area contributed by atoms with E-state index in [2.05, 4.69) is 26.0 Å². The molecular formula is C27H46O2. The van der Waals surface area contributed by atoms with Crippen LogP contribution < -0.4 is 0 Å². The molecule has 0 aromatic heterocycles. The van der Waals surface area contributed by atoms with Gasteiger partial charge in [0.05, 0.1) is 12.2 Å². The molecule has 0 spiro atoms. The third-order valence-electron chi connectivity index (χ3n) is 5.74. The van der Waals surface area contributed by atoms with Gasteiger partial charge in [-0.2, -0.15) is 0 Å². The SMILES string of the molecule is CCCCCCCCCCCCOC(=O)c1ccc(CCCCCCCC)cc1. The van der Waals surface area contributed by atoms with E-state index in [0.29, 0.717) is 12.2 Å². The molecular weight excluding hydrogens is 356 g/mol. The van der Waals surface area contributed by atoms with Gasteiger partial charge in [-0.1, -0.05) is 116 Å². The van der Waals surface area contributed by atoms with E-state index in [4.69, 9.17) is 4.74 Å². The van der Waals surface area contributed by atoms with E-state index in [9.17, 15) is 4.79 Å². The average Bonchev–Trinajstić information content (AvgIpc) is 2.74. The van der Waals surface area contributed by atoms with Crippen molar-refractivity contribution >= 4 is 5.97 Å². The van der Waals surface area contributed by atoms with Gasteiger partial charge in [0.1, 0.15) is 0 Å². The molecule has 2 nitrogen and oxygen atoms in total. The lowest BCUT2D eigenvalue weighted by Crippen LogP contribution is -2.06. The van der Waals surface area contributed by atoms with Crippen molar-refractivity contribution in [1.29, 1.82) is 0 Å². The minimum atomic E-state index is -0.174. The summed E-state index contributed by atoms with van der Waals surface area (Å²) in [5.41, 5.74) is 2.01. The van der Waals surface area contributed by atoms with Gasteiger partial charge in [0.15, 0.2) is 0 Å². The van der Waals surface area contributed by atoms with Crippen LogP contribution in [0.4, 0.5) is 0 Å². The summed E-state index contributed by atoms with van der Waals surface area (Å²) in [6, 6.07) is 8.02. The molecule has 0 heterocycles. The molecule has 0 fully saturated rings. The fraction of sp³-hybridized carbons (Fsp3) is 0.741. The largest absolute Gasteiger partial charge is 0.462 e. The Balaban J connectivity index is 2.02. The summed E-state index contributed by atoms with van der Waals surface area (Å²) < 4.78 is 5.44. The van der Waals surface area contributed by atoms with Gasteiger partial charge in [-0.05, 0) is 37.0 Å². The molecule has 0 bridgehead atoms. The maximum Gasteiger partial charge on any atom is 0.338 e. The fourth-order valence-electron chi connectivity index (χ4n) is 3.75. The molecule has 1 aromatic carbocycles. The van der Waals surface area contributed by atoms with Crippen LogP contribution in [0.3, 0.4) is 0 Å². The molecule has 0 aliphatic heterocycles. The van der Waals surface area contributed by atoms with Crippen LogP contribution in [-0.2, 0) is 11.2 Å². The highest BCUT2D eigenvalue weighted by molar-refractivity contribution is 5.89. The molecule has 0 N–H and O–H groups in total. The van der Waals surface area contributed by atoms with Crippen LogP contribution >= 0.6 is 0 Å². The molecule has 0 amide bonds. The second-order valence-electron chi connectivity index (χ2n) is 8.53. The highest BCUT2D eigenvalue weighted by Gasteiger charge is 2.06. The molecule has 0 aliphatic carbocycles. The highest BCUT2D eigenvalue weighted by Crippen LogP contribution is 2.13. The predicted molar refractivity (Wildman–Crippen MR) is 126 cm³/mol. The molecule has 0 aliphatic rings. The van der Waals surface area contributed by atoms with Gasteiger partial charge in [-0.3, -0.25) is 0 Å². The third kappa shape index (κ3) is 14.3. The quantitative estimate of drug-likeness (QED) is 0.171. The molecule has 166 valence electrons. The van der Waals surface area contributed by atoms with Crippen molar-refractivity contribution in [2.75, 3.05) is 6.61 Å². The lowest BCUT2D eigenvalue weighted by atomic mass is 10.0. The number of aryl methyl sites for hydroxylation is 1. The van der Waals surface area contributed by atoms with Crippen LogP contribution in [0.25, 0.3) is 0 Å².